The first kappa shape index (κ1) is 22.7. The van der Waals surface area contributed by atoms with E-state index in [0.29, 0.717) is 48.4 Å². The van der Waals surface area contributed by atoms with Gasteiger partial charge in [0.25, 0.3) is 0 Å². The molecule has 0 saturated carbocycles. The minimum atomic E-state index is -1.08. The molecule has 1 atom stereocenters. The second kappa shape index (κ2) is 9.67. The molecule has 0 unspecified atom stereocenters. The van der Waals surface area contributed by atoms with Gasteiger partial charge in [-0.1, -0.05) is 23.7 Å². The van der Waals surface area contributed by atoms with Crippen LogP contribution in [0.25, 0.3) is 0 Å². The van der Waals surface area contributed by atoms with Crippen LogP contribution in [0.4, 0.5) is 38.4 Å². The topological polar surface area (TPSA) is 132 Å². The van der Waals surface area contributed by atoms with Crippen molar-refractivity contribution in [1.82, 2.24) is 20.2 Å². The third-order valence-corrected chi connectivity index (χ3v) is 6.30. The van der Waals surface area contributed by atoms with Crippen LogP contribution >= 0.6 is 11.6 Å². The number of carbonyl (C=O) groups is 2. The van der Waals surface area contributed by atoms with Crippen LogP contribution in [0.15, 0.2) is 48.7 Å². The first-order valence-electron chi connectivity index (χ1n) is 11.3. The number of nitrogens with one attached hydrogen (secondary N) is 4. The van der Waals surface area contributed by atoms with Crippen molar-refractivity contribution in [2.75, 3.05) is 29.0 Å². The summed E-state index contributed by atoms with van der Waals surface area (Å²) in [5.74, 6) is 0.898. The molecule has 180 valence electrons. The lowest BCUT2D eigenvalue weighted by Gasteiger charge is -2.20. The third-order valence-electron chi connectivity index (χ3n) is 6.02. The number of likely N-dealkylation sites (tertiary alicyclic amines) is 1. The van der Waals surface area contributed by atoms with Crippen molar-refractivity contribution in [2.24, 2.45) is 0 Å². The molecule has 5 N–H and O–H groups in total. The number of hydrogen-bond acceptors (Lipinski definition) is 6. The molecule has 2 aliphatic rings. The number of amides is 3. The van der Waals surface area contributed by atoms with Gasteiger partial charge in [0, 0.05) is 30.2 Å². The van der Waals surface area contributed by atoms with E-state index < -0.39 is 6.09 Å². The molecule has 6 bridgehead atoms. The fourth-order valence-electron chi connectivity index (χ4n) is 4.30. The van der Waals surface area contributed by atoms with Gasteiger partial charge in [0.15, 0.2) is 5.82 Å². The van der Waals surface area contributed by atoms with Gasteiger partial charge in [0.05, 0.1) is 12.2 Å². The zero-order valence-electron chi connectivity index (χ0n) is 18.7. The van der Waals surface area contributed by atoms with E-state index in [0.717, 1.165) is 28.9 Å². The highest BCUT2D eigenvalue weighted by Crippen LogP contribution is 2.29. The van der Waals surface area contributed by atoms with E-state index in [1.807, 2.05) is 36.4 Å². The van der Waals surface area contributed by atoms with Crippen LogP contribution < -0.4 is 21.3 Å². The molecule has 3 amide bonds. The summed E-state index contributed by atoms with van der Waals surface area (Å²) in [6.07, 6.45) is 2.49. The maximum atomic E-state index is 12.9. The number of anilines is 5. The van der Waals surface area contributed by atoms with Gasteiger partial charge in [-0.15, -0.1) is 0 Å². The number of aryl methyl sites for hydroxylation is 2. The van der Waals surface area contributed by atoms with E-state index in [-0.39, 0.29) is 12.1 Å². The van der Waals surface area contributed by atoms with Crippen molar-refractivity contribution in [3.63, 3.8) is 0 Å². The Morgan fingerprint density at radius 2 is 1.97 bits per heavy atom. The zero-order chi connectivity index (χ0) is 24.4. The van der Waals surface area contributed by atoms with Crippen LogP contribution in [-0.2, 0) is 12.8 Å². The Kier molecular flexibility index (Phi) is 6.28. The molecule has 2 aliphatic heterocycles. The van der Waals surface area contributed by atoms with Crippen molar-refractivity contribution in [2.45, 2.75) is 25.3 Å². The fraction of sp³-hybridized carbons (Fsp3) is 0.250. The standard InChI is InChI=1S/C24H24ClN7O3/c25-19-12-26-22-28-16-3-1-2-14(10-16)4-5-15-11-17(27-21(19)31-22)6-7-20(15)30-23(33)32-9-8-18(13-32)29-24(34)35/h1-3,6-7,10-12,18,29H,4-5,8-9,13H2,(H,30,33)(H,34,35)(H2,26,27,28,31)/t18-/m1/s1. The molecule has 0 aliphatic carbocycles. The van der Waals surface area contributed by atoms with E-state index in [2.05, 4.69) is 37.3 Å². The second-order valence-corrected chi connectivity index (χ2v) is 8.93. The van der Waals surface area contributed by atoms with Crippen molar-refractivity contribution in [1.29, 1.82) is 0 Å². The summed E-state index contributed by atoms with van der Waals surface area (Å²) in [4.78, 5) is 34.2. The predicted molar refractivity (Wildman–Crippen MR) is 134 cm³/mol. The Hall–Kier alpha value is -4.05. The van der Waals surface area contributed by atoms with Gasteiger partial charge in [0.2, 0.25) is 5.95 Å². The summed E-state index contributed by atoms with van der Waals surface area (Å²) in [7, 11) is 0. The Balaban J connectivity index is 1.42. The smallest absolute Gasteiger partial charge is 0.404 e. The highest BCUT2D eigenvalue weighted by molar-refractivity contribution is 6.32. The number of carbonyl (C=O) groups excluding carboxylic acids is 1. The number of nitrogens with zero attached hydrogens (tertiary/aromatic N) is 3. The molecular weight excluding hydrogens is 470 g/mol. The number of hydrogen-bond donors (Lipinski definition) is 5. The summed E-state index contributed by atoms with van der Waals surface area (Å²) in [6, 6.07) is 13.2. The zero-order valence-corrected chi connectivity index (χ0v) is 19.5. The number of benzene rings is 2. The van der Waals surface area contributed by atoms with Gasteiger partial charge in [-0.2, -0.15) is 4.98 Å². The number of aromatic nitrogens is 2. The van der Waals surface area contributed by atoms with Gasteiger partial charge in [-0.25, -0.2) is 14.6 Å². The normalized spacial score (nSPS) is 16.6. The molecule has 1 aromatic heterocycles. The van der Waals surface area contributed by atoms with Crippen molar-refractivity contribution in [3.8, 4) is 0 Å². The summed E-state index contributed by atoms with van der Waals surface area (Å²) in [5, 5.41) is 21.2. The number of halogens is 1. The minimum absolute atomic E-state index is 0.255. The molecule has 3 heterocycles. The van der Waals surface area contributed by atoms with Gasteiger partial charge >= 0.3 is 12.1 Å². The number of rotatable bonds is 2. The summed E-state index contributed by atoms with van der Waals surface area (Å²) in [5.41, 5.74) is 4.43. The Bertz CT molecular complexity index is 1290. The average Bonchev–Trinajstić information content (AvgIpc) is 3.29. The summed E-state index contributed by atoms with van der Waals surface area (Å²) in [6.45, 7) is 0.821. The van der Waals surface area contributed by atoms with Crippen LogP contribution in [0, 0.1) is 0 Å². The molecule has 11 heteroatoms. The maximum absolute atomic E-state index is 12.9. The Labute approximate surface area is 206 Å². The van der Waals surface area contributed by atoms with Crippen LogP contribution in [0.2, 0.25) is 5.02 Å². The van der Waals surface area contributed by atoms with Crippen molar-refractivity contribution in [3.05, 3.63) is 64.8 Å². The van der Waals surface area contributed by atoms with E-state index in [1.165, 1.54) is 0 Å². The van der Waals surface area contributed by atoms with Gasteiger partial charge < -0.3 is 31.3 Å². The highest BCUT2D eigenvalue weighted by Gasteiger charge is 2.27. The van der Waals surface area contributed by atoms with Crippen LogP contribution in [0.3, 0.4) is 0 Å². The summed E-state index contributed by atoms with van der Waals surface area (Å²) >= 11 is 6.33. The van der Waals surface area contributed by atoms with Gasteiger partial charge in [-0.3, -0.25) is 0 Å². The van der Waals surface area contributed by atoms with Crippen molar-refractivity contribution < 1.29 is 14.7 Å². The molecule has 2 aromatic carbocycles. The van der Waals surface area contributed by atoms with Gasteiger partial charge in [-0.05, 0) is 60.7 Å². The lowest BCUT2D eigenvalue weighted by atomic mass is 10.0. The Morgan fingerprint density at radius 1 is 1.11 bits per heavy atom. The first-order valence-corrected chi connectivity index (χ1v) is 11.6. The fourth-order valence-corrected chi connectivity index (χ4v) is 4.43. The van der Waals surface area contributed by atoms with Crippen molar-refractivity contribution >= 4 is 52.6 Å². The average molecular weight is 494 g/mol. The van der Waals surface area contributed by atoms with E-state index in [9.17, 15) is 9.59 Å². The first-order chi connectivity index (χ1) is 16.9. The lowest BCUT2D eigenvalue weighted by molar-refractivity contribution is 0.189. The van der Waals surface area contributed by atoms with Crippen LogP contribution in [0.1, 0.15) is 17.5 Å². The molecule has 10 nitrogen and oxygen atoms in total. The third kappa shape index (κ3) is 5.38. The Morgan fingerprint density at radius 3 is 2.83 bits per heavy atom. The summed E-state index contributed by atoms with van der Waals surface area (Å²) < 4.78 is 0. The number of carboxylic acid groups (broad SMARTS) is 1. The monoisotopic (exact) mass is 493 g/mol. The molecule has 35 heavy (non-hydrogen) atoms. The quantitative estimate of drug-likeness (QED) is 0.353. The largest absolute Gasteiger partial charge is 0.465 e. The minimum Gasteiger partial charge on any atom is -0.465 e. The highest BCUT2D eigenvalue weighted by atomic mass is 35.5. The van der Waals surface area contributed by atoms with E-state index in [4.69, 9.17) is 16.7 Å². The molecule has 5 rings (SSSR count). The van der Waals surface area contributed by atoms with E-state index in [1.54, 1.807) is 11.1 Å². The number of fused-ring (bicyclic) bond motifs is 6. The second-order valence-electron chi connectivity index (χ2n) is 8.52. The van der Waals surface area contributed by atoms with Crippen LogP contribution in [-0.4, -0.2) is 51.2 Å². The molecular formula is C24H24ClN7O3. The molecule has 3 aromatic rings. The molecule has 1 fully saturated rings. The SMILES string of the molecule is O=C(O)N[C@@H]1CCN(C(=O)Nc2ccc3cc2CCc2cccc(c2)Nc2ncc(Cl)c(n2)N3)C1. The van der Waals surface area contributed by atoms with Gasteiger partial charge in [0.1, 0.15) is 5.02 Å². The molecule has 0 radical (unpaired) electrons. The lowest BCUT2D eigenvalue weighted by Crippen LogP contribution is -2.39. The van der Waals surface area contributed by atoms with E-state index >= 15 is 0 Å². The van der Waals surface area contributed by atoms with Crippen LogP contribution in [0.5, 0.6) is 0 Å². The number of urea groups is 1. The molecule has 1 saturated heterocycles. The molecule has 0 spiro atoms. The maximum Gasteiger partial charge on any atom is 0.404 e. The predicted octanol–water partition coefficient (Wildman–Crippen LogP) is 4.59.